The van der Waals surface area contributed by atoms with Crippen LogP contribution in [0.3, 0.4) is 0 Å². The van der Waals surface area contributed by atoms with Crippen molar-refractivity contribution in [2.24, 2.45) is 0 Å². The van der Waals surface area contributed by atoms with Gasteiger partial charge in [0.15, 0.2) is 11.6 Å². The Labute approximate surface area is 201 Å². The average Bonchev–Trinajstić information content (AvgIpc) is 2.82. The summed E-state index contributed by atoms with van der Waals surface area (Å²) in [6.07, 6.45) is 0.606. The summed E-state index contributed by atoms with van der Waals surface area (Å²) in [5.41, 5.74) is -0.540. The number of carbonyl (C=O) groups is 1. The molecule has 0 saturated carbocycles. The van der Waals surface area contributed by atoms with E-state index in [0.717, 1.165) is 17.7 Å². The normalized spacial score (nSPS) is 14.5. The van der Waals surface area contributed by atoms with Gasteiger partial charge in [0.2, 0.25) is 0 Å². The van der Waals surface area contributed by atoms with Crippen molar-refractivity contribution in [2.75, 3.05) is 25.0 Å². The molecular weight excluding hydrogens is 459 g/mol. The van der Waals surface area contributed by atoms with Crippen LogP contribution in [0.15, 0.2) is 54.6 Å². The second-order valence-electron chi connectivity index (χ2n) is 8.69. The first-order valence-corrected chi connectivity index (χ1v) is 11.2. The number of carbonyl (C=O) groups excluding carboxylic acids is 1. The summed E-state index contributed by atoms with van der Waals surface area (Å²) in [6.45, 7) is 2.28. The number of β-amino-alcohol motifs (C(OH)–C–C–N with tert-alkyl or cyclic N) is 1. The third-order valence-electron chi connectivity index (χ3n) is 6.05. The summed E-state index contributed by atoms with van der Waals surface area (Å²) >= 11 is 0. The Morgan fingerprint density at radius 1 is 1.06 bits per heavy atom. The van der Waals surface area contributed by atoms with Crippen LogP contribution < -0.4 is 10.6 Å². The molecule has 3 aromatic rings. The quantitative estimate of drug-likeness (QED) is 0.386. The van der Waals surface area contributed by atoms with Gasteiger partial charge in [-0.05, 0) is 42.3 Å². The van der Waals surface area contributed by atoms with Gasteiger partial charge in [0, 0.05) is 18.7 Å². The topological polar surface area (TPSA) is 84.8 Å². The molecule has 0 aliphatic carbocycles. The number of hydrogen-bond acceptors (Lipinski definition) is 5. The highest BCUT2D eigenvalue weighted by Crippen LogP contribution is 2.31. The first-order valence-electron chi connectivity index (χ1n) is 11.2. The van der Waals surface area contributed by atoms with E-state index in [2.05, 4.69) is 10.6 Å². The molecule has 0 aromatic heterocycles. The maximum absolute atomic E-state index is 14.7. The van der Waals surface area contributed by atoms with Crippen molar-refractivity contribution in [3.05, 3.63) is 88.7 Å². The van der Waals surface area contributed by atoms with Gasteiger partial charge in [-0.1, -0.05) is 31.2 Å². The lowest BCUT2D eigenvalue weighted by Crippen LogP contribution is -2.67. The van der Waals surface area contributed by atoms with Crippen molar-refractivity contribution in [1.82, 2.24) is 10.2 Å². The predicted molar refractivity (Wildman–Crippen MR) is 126 cm³/mol. The number of nitrogens with one attached hydrogen (secondary N) is 2. The summed E-state index contributed by atoms with van der Waals surface area (Å²) in [6, 6.07) is 13.1. The molecule has 0 atom stereocenters. The molecule has 1 heterocycles. The van der Waals surface area contributed by atoms with Crippen molar-refractivity contribution in [3.63, 3.8) is 0 Å². The Kier molecular flexibility index (Phi) is 7.00. The van der Waals surface area contributed by atoms with Gasteiger partial charge in [-0.2, -0.15) is 0 Å². The van der Waals surface area contributed by atoms with Crippen LogP contribution in [0.1, 0.15) is 28.4 Å². The summed E-state index contributed by atoms with van der Waals surface area (Å²) in [4.78, 5) is 14.4. The number of halogens is 3. The average molecular weight is 486 g/mol. The molecule has 3 aromatic carbocycles. The van der Waals surface area contributed by atoms with Gasteiger partial charge >= 0.3 is 0 Å². The number of anilines is 2. The highest BCUT2D eigenvalue weighted by atomic mass is 19.2. The van der Waals surface area contributed by atoms with E-state index in [-0.39, 0.29) is 36.6 Å². The van der Waals surface area contributed by atoms with Gasteiger partial charge in [-0.25, -0.2) is 13.2 Å². The number of phenols is 1. The molecule has 1 amide bonds. The number of para-hydroxylation sites is 1. The number of rotatable bonds is 8. The monoisotopic (exact) mass is 485 g/mol. The van der Waals surface area contributed by atoms with Crippen molar-refractivity contribution < 1.29 is 28.2 Å². The minimum Gasteiger partial charge on any atom is -0.508 e. The second kappa shape index (κ2) is 9.97. The molecule has 0 radical (unpaired) electrons. The van der Waals surface area contributed by atoms with Gasteiger partial charge in [0.05, 0.1) is 30.0 Å². The van der Waals surface area contributed by atoms with Gasteiger partial charge in [-0.15, -0.1) is 0 Å². The minimum atomic E-state index is -1.30. The number of likely N-dealkylation sites (tertiary alicyclic amines) is 1. The van der Waals surface area contributed by atoms with Crippen LogP contribution in [0, 0.1) is 17.5 Å². The van der Waals surface area contributed by atoms with Crippen LogP contribution in [-0.2, 0) is 13.0 Å². The second-order valence-corrected chi connectivity index (χ2v) is 8.69. The Balaban J connectivity index is 1.44. The molecule has 6 nitrogen and oxygen atoms in total. The molecule has 35 heavy (non-hydrogen) atoms. The fourth-order valence-electron chi connectivity index (χ4n) is 4.05. The van der Waals surface area contributed by atoms with Gasteiger partial charge in [0.25, 0.3) is 5.91 Å². The fraction of sp³-hybridized carbons (Fsp3) is 0.269. The Morgan fingerprint density at radius 3 is 2.49 bits per heavy atom. The Hall–Kier alpha value is -3.56. The molecule has 184 valence electrons. The van der Waals surface area contributed by atoms with E-state index in [4.69, 9.17) is 0 Å². The number of phenolic OH excluding ortho intramolecular Hbond substituents is 1. The SMILES string of the molecule is CCc1ccc(Nc2c(C(=O)N3CC(O)(CNCc4ccccc4O)C3)ccc(F)c2F)c(F)c1. The van der Waals surface area contributed by atoms with Crippen LogP contribution in [0.4, 0.5) is 24.5 Å². The van der Waals surface area contributed by atoms with E-state index in [1.54, 1.807) is 30.3 Å². The standard InChI is InChI=1S/C26H26F3N3O3/c1-2-16-7-10-21(20(28)11-16)31-24-18(8-9-19(27)23(24)29)25(34)32-14-26(35,15-32)13-30-12-17-5-3-4-6-22(17)33/h3-11,30-31,33,35H,2,12-15H2,1H3. The molecule has 1 aliphatic heterocycles. The largest absolute Gasteiger partial charge is 0.508 e. The first-order chi connectivity index (χ1) is 16.7. The molecule has 0 unspecified atom stereocenters. The van der Waals surface area contributed by atoms with Crippen molar-refractivity contribution in [2.45, 2.75) is 25.5 Å². The molecule has 1 saturated heterocycles. The first kappa shape index (κ1) is 24.6. The number of amides is 1. The summed E-state index contributed by atoms with van der Waals surface area (Å²) in [7, 11) is 0. The Morgan fingerprint density at radius 2 is 1.80 bits per heavy atom. The van der Waals surface area contributed by atoms with Crippen molar-refractivity contribution in [1.29, 1.82) is 0 Å². The number of aryl methyl sites for hydroxylation is 1. The zero-order valence-corrected chi connectivity index (χ0v) is 19.1. The summed E-state index contributed by atoms with van der Waals surface area (Å²) in [5, 5.41) is 26.1. The molecule has 0 spiro atoms. The van der Waals surface area contributed by atoms with Gasteiger partial charge < -0.3 is 25.7 Å². The molecule has 9 heteroatoms. The zero-order chi connectivity index (χ0) is 25.2. The Bertz CT molecular complexity index is 1250. The van der Waals surface area contributed by atoms with E-state index in [1.165, 1.54) is 17.0 Å². The number of hydrogen-bond donors (Lipinski definition) is 4. The molecule has 0 bridgehead atoms. The number of aliphatic hydroxyl groups is 1. The highest BCUT2D eigenvalue weighted by Gasteiger charge is 2.44. The maximum Gasteiger partial charge on any atom is 0.256 e. The van der Waals surface area contributed by atoms with E-state index in [9.17, 15) is 28.2 Å². The third kappa shape index (κ3) is 5.26. The smallest absolute Gasteiger partial charge is 0.256 e. The molecule has 4 N–H and O–H groups in total. The lowest BCUT2D eigenvalue weighted by molar-refractivity contribution is -0.0787. The van der Waals surface area contributed by atoms with Crippen molar-refractivity contribution in [3.8, 4) is 5.75 Å². The van der Waals surface area contributed by atoms with Crippen LogP contribution in [0.25, 0.3) is 0 Å². The molecule has 1 fully saturated rings. The number of aromatic hydroxyl groups is 1. The molecular formula is C26H26F3N3O3. The fourth-order valence-corrected chi connectivity index (χ4v) is 4.05. The van der Waals surface area contributed by atoms with Crippen LogP contribution in [0.2, 0.25) is 0 Å². The van der Waals surface area contributed by atoms with Gasteiger partial charge in [-0.3, -0.25) is 4.79 Å². The van der Waals surface area contributed by atoms with E-state index < -0.39 is 34.6 Å². The lowest BCUT2D eigenvalue weighted by Gasteiger charge is -2.46. The molecule has 4 rings (SSSR count). The molecule has 1 aliphatic rings. The van der Waals surface area contributed by atoms with E-state index in [1.807, 2.05) is 6.92 Å². The highest BCUT2D eigenvalue weighted by molar-refractivity contribution is 6.01. The summed E-state index contributed by atoms with van der Waals surface area (Å²) < 4.78 is 43.1. The third-order valence-corrected chi connectivity index (χ3v) is 6.05. The van der Waals surface area contributed by atoms with Crippen LogP contribution in [0.5, 0.6) is 5.75 Å². The zero-order valence-electron chi connectivity index (χ0n) is 19.1. The van der Waals surface area contributed by atoms with E-state index in [0.29, 0.717) is 18.5 Å². The van der Waals surface area contributed by atoms with Crippen LogP contribution >= 0.6 is 0 Å². The maximum atomic E-state index is 14.7. The lowest BCUT2D eigenvalue weighted by atomic mass is 9.92. The predicted octanol–water partition coefficient (Wildman–Crippen LogP) is 4.09. The van der Waals surface area contributed by atoms with Gasteiger partial charge in [0.1, 0.15) is 17.2 Å². The minimum absolute atomic E-state index is 0.0302. The number of benzene rings is 3. The van der Waals surface area contributed by atoms with E-state index >= 15 is 0 Å². The summed E-state index contributed by atoms with van der Waals surface area (Å²) in [5.74, 6) is -3.61. The number of nitrogens with zero attached hydrogens (tertiary/aromatic N) is 1. The van der Waals surface area contributed by atoms with Crippen LogP contribution in [-0.4, -0.2) is 46.3 Å². The van der Waals surface area contributed by atoms with Crippen molar-refractivity contribution >= 4 is 17.3 Å².